The van der Waals surface area contributed by atoms with E-state index in [1.165, 1.54) is 0 Å². The minimum atomic E-state index is -1.81. The van der Waals surface area contributed by atoms with Crippen LogP contribution in [0.3, 0.4) is 0 Å². The zero-order chi connectivity index (χ0) is 13.1. The third-order valence-corrected chi connectivity index (χ3v) is 8.88. The van der Waals surface area contributed by atoms with Crippen molar-refractivity contribution in [2.45, 2.75) is 63.7 Å². The van der Waals surface area contributed by atoms with Crippen LogP contribution in [0.15, 0.2) is 0 Å². The van der Waals surface area contributed by atoms with Crippen molar-refractivity contribution in [2.24, 2.45) is 5.92 Å². The van der Waals surface area contributed by atoms with E-state index in [-0.39, 0.29) is 23.1 Å². The molecule has 17 heavy (non-hydrogen) atoms. The largest absolute Gasteiger partial charge is 0.408 e. The lowest BCUT2D eigenvalue weighted by molar-refractivity contribution is -0.0581. The zero-order valence-electron chi connectivity index (χ0n) is 11.7. The molecule has 1 spiro atoms. The van der Waals surface area contributed by atoms with Gasteiger partial charge in [-0.15, -0.1) is 0 Å². The normalized spacial score (nSPS) is 42.1. The minimum absolute atomic E-state index is 0.0154. The van der Waals surface area contributed by atoms with Crippen LogP contribution in [0.25, 0.3) is 0 Å². The van der Waals surface area contributed by atoms with E-state index in [2.05, 4.69) is 40.8 Å². The van der Waals surface area contributed by atoms with Crippen LogP contribution >= 0.6 is 0 Å². The van der Waals surface area contributed by atoms with Crippen LogP contribution in [0.2, 0.25) is 18.1 Å². The van der Waals surface area contributed by atoms with Gasteiger partial charge in [-0.05, 0) is 18.1 Å². The fourth-order valence-corrected chi connectivity index (χ4v) is 3.35. The molecule has 4 unspecified atom stereocenters. The molecule has 0 aromatic heterocycles. The summed E-state index contributed by atoms with van der Waals surface area (Å²) in [7, 11) is 4.14. The molecule has 2 radical (unpaired) electrons. The summed E-state index contributed by atoms with van der Waals surface area (Å²) in [4.78, 5) is 0. The van der Waals surface area contributed by atoms with Crippen molar-refractivity contribution < 1.29 is 13.9 Å². The molecule has 2 saturated heterocycles. The Morgan fingerprint density at radius 3 is 2.29 bits per heavy atom. The van der Waals surface area contributed by atoms with E-state index in [0.717, 1.165) is 0 Å². The molecule has 2 rings (SSSR count). The summed E-state index contributed by atoms with van der Waals surface area (Å²) in [5.41, 5.74) is 0. The van der Waals surface area contributed by atoms with E-state index in [1.807, 2.05) is 0 Å². The van der Waals surface area contributed by atoms with Gasteiger partial charge < -0.3 is 13.9 Å². The van der Waals surface area contributed by atoms with Crippen molar-refractivity contribution in [1.82, 2.24) is 0 Å². The van der Waals surface area contributed by atoms with Gasteiger partial charge in [-0.25, -0.2) is 0 Å². The summed E-state index contributed by atoms with van der Waals surface area (Å²) < 4.78 is 17.6. The average Bonchev–Trinajstić information content (AvgIpc) is 2.88. The predicted molar refractivity (Wildman–Crippen MR) is 70.5 cm³/mol. The van der Waals surface area contributed by atoms with Crippen LogP contribution in [-0.4, -0.2) is 40.7 Å². The van der Waals surface area contributed by atoms with Crippen LogP contribution in [-0.2, 0) is 13.9 Å². The van der Waals surface area contributed by atoms with Gasteiger partial charge in [-0.2, -0.15) is 0 Å². The first-order valence-electron chi connectivity index (χ1n) is 6.34. The van der Waals surface area contributed by atoms with Crippen molar-refractivity contribution in [3.05, 3.63) is 0 Å². The fourth-order valence-electron chi connectivity index (χ4n) is 1.97. The smallest absolute Gasteiger partial charge is 0.217 e. The molecule has 2 fully saturated rings. The molecule has 3 nitrogen and oxygen atoms in total. The molecule has 0 aromatic rings. The quantitative estimate of drug-likeness (QED) is 0.559. The van der Waals surface area contributed by atoms with Gasteiger partial charge in [0.25, 0.3) is 0 Å². The Hall–Kier alpha value is 0.162. The number of ether oxygens (including phenoxy) is 2. The van der Waals surface area contributed by atoms with Crippen LogP contribution in [0.1, 0.15) is 27.7 Å². The topological polar surface area (TPSA) is 31.0 Å². The third-order valence-electron chi connectivity index (χ3n) is 4.42. The first-order chi connectivity index (χ1) is 7.59. The fraction of sp³-hybridized carbons (Fsp3) is 1.00. The molecule has 0 aromatic carbocycles. The Balaban J connectivity index is 2.13. The molecule has 0 saturated carbocycles. The lowest BCUT2D eigenvalue weighted by Gasteiger charge is -2.39. The number of epoxide rings is 1. The summed E-state index contributed by atoms with van der Waals surface area (Å²) >= 11 is 0. The molecule has 5 heteroatoms. The maximum Gasteiger partial charge on any atom is 0.217 e. The van der Waals surface area contributed by atoms with Gasteiger partial charge >= 0.3 is 0 Å². The highest BCUT2D eigenvalue weighted by Gasteiger charge is 2.64. The second kappa shape index (κ2) is 3.83. The van der Waals surface area contributed by atoms with E-state index in [9.17, 15) is 0 Å². The molecule has 96 valence electrons. The molecule has 0 aliphatic carbocycles. The molecule has 0 bridgehead atoms. The van der Waals surface area contributed by atoms with Crippen LogP contribution in [0, 0.1) is 5.92 Å². The standard InChI is InChI=1S/C12H23BO3Si/c1-8-9(12(7-14-12)15-10(8)13)16-17(5,6)11(2,3)4/h8-10H,7H2,1-6H3. The SMILES string of the molecule is [B]C1OC2(CO2)C(O[Si](C)(C)C(C)(C)C)C1C. The van der Waals surface area contributed by atoms with Crippen molar-refractivity contribution in [3.8, 4) is 0 Å². The Morgan fingerprint density at radius 2 is 1.88 bits per heavy atom. The molecular formula is C12H23BO3Si. The van der Waals surface area contributed by atoms with E-state index in [0.29, 0.717) is 6.61 Å². The average molecular weight is 254 g/mol. The summed E-state index contributed by atoms with van der Waals surface area (Å²) in [5, 5.41) is 0.190. The molecule has 0 amide bonds. The summed E-state index contributed by atoms with van der Waals surface area (Å²) in [5.74, 6) is -0.347. The second-order valence-corrected chi connectivity index (χ2v) is 11.6. The molecule has 2 aliphatic rings. The van der Waals surface area contributed by atoms with Gasteiger partial charge in [0.1, 0.15) is 20.6 Å². The first kappa shape index (κ1) is 13.6. The lowest BCUT2D eigenvalue weighted by Crippen LogP contribution is -2.48. The van der Waals surface area contributed by atoms with E-state index in [1.54, 1.807) is 0 Å². The monoisotopic (exact) mass is 254 g/mol. The minimum Gasteiger partial charge on any atom is -0.408 e. The van der Waals surface area contributed by atoms with Gasteiger partial charge in [0.15, 0.2) is 8.32 Å². The summed E-state index contributed by atoms with van der Waals surface area (Å²) in [6.07, 6.45) is -0.0154. The van der Waals surface area contributed by atoms with Gasteiger partial charge in [0, 0.05) is 11.9 Å². The maximum atomic E-state index is 6.43. The molecular weight excluding hydrogens is 231 g/mol. The van der Waals surface area contributed by atoms with Crippen LogP contribution in [0.4, 0.5) is 0 Å². The van der Waals surface area contributed by atoms with Gasteiger partial charge in [0.2, 0.25) is 5.79 Å². The highest BCUT2D eigenvalue weighted by molar-refractivity contribution is 6.74. The van der Waals surface area contributed by atoms with Crippen molar-refractivity contribution >= 4 is 16.2 Å². The third kappa shape index (κ3) is 2.23. The van der Waals surface area contributed by atoms with Gasteiger partial charge in [0.05, 0.1) is 0 Å². The van der Waals surface area contributed by atoms with Crippen molar-refractivity contribution in [2.75, 3.05) is 6.61 Å². The lowest BCUT2D eigenvalue weighted by atomic mass is 9.86. The molecule has 4 atom stereocenters. The predicted octanol–water partition coefficient (Wildman–Crippen LogP) is 2.26. The number of rotatable bonds is 2. The van der Waals surface area contributed by atoms with Crippen molar-refractivity contribution in [1.29, 1.82) is 0 Å². The first-order valence-corrected chi connectivity index (χ1v) is 9.25. The zero-order valence-corrected chi connectivity index (χ0v) is 12.7. The van der Waals surface area contributed by atoms with Crippen LogP contribution < -0.4 is 0 Å². The van der Waals surface area contributed by atoms with Gasteiger partial charge in [-0.3, -0.25) is 0 Å². The summed E-state index contributed by atoms with van der Waals surface area (Å²) in [6, 6.07) is -0.271. The summed E-state index contributed by atoms with van der Waals surface area (Å²) in [6.45, 7) is 13.9. The number of hydrogen-bond acceptors (Lipinski definition) is 3. The van der Waals surface area contributed by atoms with Gasteiger partial charge in [-0.1, -0.05) is 27.7 Å². The molecule has 2 heterocycles. The van der Waals surface area contributed by atoms with E-state index in [4.69, 9.17) is 21.7 Å². The molecule has 0 N–H and O–H groups in total. The highest BCUT2D eigenvalue weighted by Crippen LogP contribution is 2.49. The van der Waals surface area contributed by atoms with E-state index >= 15 is 0 Å². The maximum absolute atomic E-state index is 6.43. The number of hydrogen-bond donors (Lipinski definition) is 0. The highest BCUT2D eigenvalue weighted by atomic mass is 28.4. The second-order valence-electron chi connectivity index (χ2n) is 6.84. The van der Waals surface area contributed by atoms with E-state index < -0.39 is 14.1 Å². The van der Waals surface area contributed by atoms with Crippen molar-refractivity contribution in [3.63, 3.8) is 0 Å². The Kier molecular flexibility index (Phi) is 3.06. The Bertz CT molecular complexity index is 309. The Labute approximate surface area is 107 Å². The van der Waals surface area contributed by atoms with Crippen LogP contribution in [0.5, 0.6) is 0 Å². The molecule has 2 aliphatic heterocycles. The Morgan fingerprint density at radius 1 is 1.35 bits per heavy atom.